The summed E-state index contributed by atoms with van der Waals surface area (Å²) in [7, 11) is 0. The van der Waals surface area contributed by atoms with E-state index in [2.05, 4.69) is 24.9 Å². The van der Waals surface area contributed by atoms with Crippen LogP contribution in [-0.4, -0.2) is 60.2 Å². The fraction of sp³-hybridized carbons (Fsp3) is 0.550. The Labute approximate surface area is 175 Å². The summed E-state index contributed by atoms with van der Waals surface area (Å²) < 4.78 is 17.5. The third-order valence-electron chi connectivity index (χ3n) is 4.73. The van der Waals surface area contributed by atoms with Crippen molar-refractivity contribution in [1.29, 1.82) is 0 Å². The summed E-state index contributed by atoms with van der Waals surface area (Å²) in [6.07, 6.45) is 0.615. The number of piperazine rings is 1. The molecule has 1 aromatic heterocycles. The number of hydrogen-bond donors (Lipinski definition) is 3. The van der Waals surface area contributed by atoms with Crippen molar-refractivity contribution in [2.45, 2.75) is 32.7 Å². The molecule has 3 N–H and O–H groups in total. The number of nitrogens with one attached hydrogen (secondary N) is 3. The maximum atomic E-state index is 13.0. The van der Waals surface area contributed by atoms with Crippen LogP contribution in [0.3, 0.4) is 0 Å². The lowest BCUT2D eigenvalue weighted by Gasteiger charge is -2.31. The molecule has 2 aromatic rings. The molecule has 0 radical (unpaired) electrons. The first-order valence-corrected chi connectivity index (χ1v) is 10.8. The van der Waals surface area contributed by atoms with E-state index in [-0.39, 0.29) is 17.4 Å². The van der Waals surface area contributed by atoms with Gasteiger partial charge in [-0.3, -0.25) is 0 Å². The van der Waals surface area contributed by atoms with Crippen molar-refractivity contribution < 1.29 is 14.1 Å². The summed E-state index contributed by atoms with van der Waals surface area (Å²) >= 11 is 1.42. The Balaban J connectivity index is 1.40. The smallest absolute Gasteiger partial charge is 0.315 e. The molecule has 158 valence electrons. The van der Waals surface area contributed by atoms with Crippen LogP contribution in [-0.2, 0) is 6.42 Å². The zero-order chi connectivity index (χ0) is 20.9. The lowest BCUT2D eigenvalue weighted by molar-refractivity contribution is -0.899. The van der Waals surface area contributed by atoms with Gasteiger partial charge in [0.2, 0.25) is 5.13 Å². The zero-order valence-corrected chi connectivity index (χ0v) is 18.1. The quantitative estimate of drug-likeness (QED) is 0.652. The molecule has 3 rings (SSSR count). The molecule has 0 unspecified atom stereocenters. The minimum atomic E-state index is -0.230. The number of benzene rings is 1. The van der Waals surface area contributed by atoms with E-state index in [1.165, 1.54) is 28.6 Å². The molecular formula is C20H30FN6OS+. The van der Waals surface area contributed by atoms with Crippen LogP contribution in [0.25, 0.3) is 0 Å². The van der Waals surface area contributed by atoms with Crippen LogP contribution in [0.15, 0.2) is 24.3 Å². The normalized spacial score (nSPS) is 15.4. The number of aromatic nitrogens is 2. The van der Waals surface area contributed by atoms with Crippen LogP contribution in [0, 0.1) is 5.82 Å². The van der Waals surface area contributed by atoms with Crippen molar-refractivity contribution in [2.24, 2.45) is 0 Å². The van der Waals surface area contributed by atoms with E-state index in [1.807, 2.05) is 20.8 Å². The van der Waals surface area contributed by atoms with E-state index < -0.39 is 0 Å². The van der Waals surface area contributed by atoms with Gasteiger partial charge in [0, 0.05) is 23.5 Å². The van der Waals surface area contributed by atoms with Crippen molar-refractivity contribution >= 4 is 22.7 Å². The fourth-order valence-electron chi connectivity index (χ4n) is 3.23. The summed E-state index contributed by atoms with van der Waals surface area (Å²) in [5.41, 5.74) is 0.785. The van der Waals surface area contributed by atoms with Crippen molar-refractivity contribution in [2.75, 3.05) is 44.2 Å². The third-order valence-corrected chi connectivity index (χ3v) is 5.54. The standard InChI is InChI=1S/C20H29FN6OS/c1-20(2,3)24-18(28)22-8-9-26-10-12-27(13-11-26)19-23-17(25-29-19)14-15-4-6-16(21)7-5-15/h4-7H,8-14H2,1-3H3,(H2,22,24,28)/p+1. The van der Waals surface area contributed by atoms with Crippen LogP contribution in [0.5, 0.6) is 0 Å². The summed E-state index contributed by atoms with van der Waals surface area (Å²) in [6.45, 7) is 11.4. The van der Waals surface area contributed by atoms with Crippen LogP contribution >= 0.6 is 11.5 Å². The monoisotopic (exact) mass is 421 g/mol. The van der Waals surface area contributed by atoms with E-state index in [0.29, 0.717) is 13.0 Å². The number of rotatable bonds is 6. The molecule has 29 heavy (non-hydrogen) atoms. The Morgan fingerprint density at radius 1 is 1.24 bits per heavy atom. The minimum absolute atomic E-state index is 0.113. The third kappa shape index (κ3) is 6.93. The summed E-state index contributed by atoms with van der Waals surface area (Å²) in [4.78, 5) is 20.2. The van der Waals surface area contributed by atoms with Crippen molar-refractivity contribution in [3.8, 4) is 0 Å². The van der Waals surface area contributed by atoms with Gasteiger partial charge in [-0.15, -0.1) is 0 Å². The van der Waals surface area contributed by atoms with Gasteiger partial charge in [0.1, 0.15) is 11.6 Å². The van der Waals surface area contributed by atoms with Gasteiger partial charge in [-0.25, -0.2) is 14.2 Å². The van der Waals surface area contributed by atoms with Crippen LogP contribution in [0.1, 0.15) is 32.2 Å². The second kappa shape index (κ2) is 9.49. The first kappa shape index (κ1) is 21.4. The molecule has 1 aliphatic rings. The number of carbonyl (C=O) groups excluding carboxylic acids is 1. The van der Waals surface area contributed by atoms with Crippen molar-refractivity contribution in [3.63, 3.8) is 0 Å². The first-order valence-electron chi connectivity index (χ1n) is 10.00. The molecule has 7 nitrogen and oxygen atoms in total. The highest BCUT2D eigenvalue weighted by molar-refractivity contribution is 7.09. The van der Waals surface area contributed by atoms with E-state index in [0.717, 1.165) is 49.2 Å². The van der Waals surface area contributed by atoms with Gasteiger partial charge in [0.25, 0.3) is 0 Å². The molecule has 1 fully saturated rings. The van der Waals surface area contributed by atoms with Crippen molar-refractivity contribution in [3.05, 3.63) is 41.5 Å². The molecule has 2 amide bonds. The number of anilines is 1. The Hall–Kier alpha value is -2.26. The topological polar surface area (TPSA) is 74.6 Å². The summed E-state index contributed by atoms with van der Waals surface area (Å²) in [6, 6.07) is 6.36. The Morgan fingerprint density at radius 3 is 2.59 bits per heavy atom. The summed E-state index contributed by atoms with van der Waals surface area (Å²) in [5.74, 6) is 0.548. The molecule has 0 spiro atoms. The zero-order valence-electron chi connectivity index (χ0n) is 17.3. The van der Waals surface area contributed by atoms with Gasteiger partial charge in [-0.1, -0.05) is 12.1 Å². The summed E-state index contributed by atoms with van der Waals surface area (Å²) in [5, 5.41) is 6.79. The molecule has 9 heteroatoms. The molecule has 0 atom stereocenters. The fourth-order valence-corrected chi connectivity index (χ4v) is 3.97. The number of nitrogens with zero attached hydrogens (tertiary/aromatic N) is 3. The van der Waals surface area contributed by atoms with Gasteiger partial charge < -0.3 is 20.4 Å². The average Bonchev–Trinajstić information content (AvgIpc) is 3.11. The maximum Gasteiger partial charge on any atom is 0.315 e. The van der Waals surface area contributed by atoms with Crippen molar-refractivity contribution in [1.82, 2.24) is 20.0 Å². The molecule has 0 aliphatic carbocycles. The van der Waals surface area contributed by atoms with E-state index in [9.17, 15) is 9.18 Å². The second-order valence-electron chi connectivity index (χ2n) is 8.41. The predicted octanol–water partition coefficient (Wildman–Crippen LogP) is 1.07. The number of amides is 2. The molecule has 1 aromatic carbocycles. The van der Waals surface area contributed by atoms with Crippen LogP contribution in [0.2, 0.25) is 0 Å². The largest absolute Gasteiger partial charge is 0.336 e. The highest BCUT2D eigenvalue weighted by Crippen LogP contribution is 2.19. The number of urea groups is 1. The van der Waals surface area contributed by atoms with Gasteiger partial charge in [0.05, 0.1) is 39.3 Å². The molecule has 2 heterocycles. The molecule has 1 aliphatic heterocycles. The number of quaternary nitrogens is 1. The maximum absolute atomic E-state index is 13.0. The van der Waals surface area contributed by atoms with Crippen LogP contribution in [0.4, 0.5) is 14.3 Å². The highest BCUT2D eigenvalue weighted by Gasteiger charge is 2.23. The van der Waals surface area contributed by atoms with Gasteiger partial charge in [-0.2, -0.15) is 4.37 Å². The molecule has 0 bridgehead atoms. The SMILES string of the molecule is CC(C)(C)NC(=O)NCC[NH+]1CCN(c2nc(Cc3ccc(F)cc3)ns2)CC1. The van der Waals surface area contributed by atoms with Gasteiger partial charge in [0.15, 0.2) is 0 Å². The van der Waals surface area contributed by atoms with Gasteiger partial charge >= 0.3 is 6.03 Å². The lowest BCUT2D eigenvalue weighted by Crippen LogP contribution is -3.15. The lowest BCUT2D eigenvalue weighted by atomic mass is 10.1. The van der Waals surface area contributed by atoms with Crippen LogP contribution < -0.4 is 20.4 Å². The van der Waals surface area contributed by atoms with E-state index in [4.69, 9.17) is 0 Å². The average molecular weight is 422 g/mol. The highest BCUT2D eigenvalue weighted by atomic mass is 32.1. The first-order chi connectivity index (χ1) is 13.8. The molecular weight excluding hydrogens is 391 g/mol. The van der Waals surface area contributed by atoms with Gasteiger partial charge in [-0.05, 0) is 38.5 Å². The Morgan fingerprint density at radius 2 is 1.93 bits per heavy atom. The number of carbonyl (C=O) groups is 1. The second-order valence-corrected chi connectivity index (χ2v) is 9.14. The van der Waals surface area contributed by atoms with E-state index >= 15 is 0 Å². The minimum Gasteiger partial charge on any atom is -0.336 e. The predicted molar refractivity (Wildman–Crippen MR) is 113 cm³/mol. The van der Waals surface area contributed by atoms with E-state index in [1.54, 1.807) is 12.1 Å². The number of halogens is 1. The Kier molecular flexibility index (Phi) is 7.02. The molecule has 0 saturated carbocycles. The molecule has 1 saturated heterocycles. The number of hydrogen-bond acceptors (Lipinski definition) is 5. The Bertz CT molecular complexity index is 796.